The molecule has 1 aliphatic heterocycles. The fourth-order valence-corrected chi connectivity index (χ4v) is 2.44. The standard InChI is InChI=1S/C16H19N3O5/c1-9(6-7-12(20)21)17-13(22)10-4-3-5-11(8-10)16(2)14(23)18-15(24)19-16/h3-5,8-9H,6-7H2,1-2H3,(H,17,22)(H,20,21)(H2,18,19,23,24). The summed E-state index contributed by atoms with van der Waals surface area (Å²) in [5.74, 6) is -1.78. The zero-order valence-electron chi connectivity index (χ0n) is 13.4. The maximum Gasteiger partial charge on any atom is 0.322 e. The number of carboxylic acids is 1. The number of carbonyl (C=O) groups excluding carboxylic acids is 3. The predicted octanol–water partition coefficient (Wildman–Crippen LogP) is 0.724. The number of amides is 4. The topological polar surface area (TPSA) is 125 Å². The SMILES string of the molecule is CC(CCC(=O)O)NC(=O)c1cccc(C2(C)NC(=O)NC2=O)c1. The lowest BCUT2D eigenvalue weighted by Crippen LogP contribution is -2.41. The monoisotopic (exact) mass is 333 g/mol. The van der Waals surface area contributed by atoms with Crippen molar-refractivity contribution in [2.45, 2.75) is 38.3 Å². The van der Waals surface area contributed by atoms with Crippen molar-refractivity contribution in [3.05, 3.63) is 35.4 Å². The summed E-state index contributed by atoms with van der Waals surface area (Å²) in [6.07, 6.45) is 0.280. The van der Waals surface area contributed by atoms with Gasteiger partial charge >= 0.3 is 12.0 Å². The molecule has 1 heterocycles. The van der Waals surface area contributed by atoms with E-state index in [0.29, 0.717) is 17.5 Å². The Labute approximate surface area is 138 Å². The molecule has 0 radical (unpaired) electrons. The minimum atomic E-state index is -1.23. The van der Waals surface area contributed by atoms with Crippen molar-refractivity contribution < 1.29 is 24.3 Å². The number of carbonyl (C=O) groups is 4. The van der Waals surface area contributed by atoms with Gasteiger partial charge in [-0.05, 0) is 38.0 Å². The van der Waals surface area contributed by atoms with Gasteiger partial charge < -0.3 is 15.7 Å². The van der Waals surface area contributed by atoms with Crippen LogP contribution in [0.5, 0.6) is 0 Å². The summed E-state index contributed by atoms with van der Waals surface area (Å²) in [5, 5.41) is 16.1. The third-order valence-corrected chi connectivity index (χ3v) is 3.92. The second-order valence-electron chi connectivity index (χ2n) is 5.92. The first-order valence-corrected chi connectivity index (χ1v) is 7.49. The van der Waals surface area contributed by atoms with Crippen LogP contribution in [0.4, 0.5) is 4.79 Å². The van der Waals surface area contributed by atoms with Crippen molar-refractivity contribution >= 4 is 23.8 Å². The quantitative estimate of drug-likeness (QED) is 0.571. The van der Waals surface area contributed by atoms with Crippen LogP contribution in [0, 0.1) is 0 Å². The zero-order valence-corrected chi connectivity index (χ0v) is 13.4. The first-order chi connectivity index (χ1) is 11.2. The van der Waals surface area contributed by atoms with E-state index in [4.69, 9.17) is 5.11 Å². The first-order valence-electron chi connectivity index (χ1n) is 7.49. The largest absolute Gasteiger partial charge is 0.481 e. The second kappa shape index (κ2) is 6.69. The Balaban J connectivity index is 2.13. The number of hydrogen-bond acceptors (Lipinski definition) is 4. The van der Waals surface area contributed by atoms with E-state index in [1.807, 2.05) is 0 Å². The zero-order chi connectivity index (χ0) is 17.9. The Kier molecular flexibility index (Phi) is 4.87. The molecule has 1 saturated heterocycles. The van der Waals surface area contributed by atoms with E-state index in [2.05, 4.69) is 16.0 Å². The molecule has 1 fully saturated rings. The number of rotatable bonds is 6. The van der Waals surface area contributed by atoms with Gasteiger partial charge in [-0.2, -0.15) is 0 Å². The van der Waals surface area contributed by atoms with E-state index in [0.717, 1.165) is 0 Å². The summed E-state index contributed by atoms with van der Waals surface area (Å²) in [6, 6.07) is 5.50. The van der Waals surface area contributed by atoms with Gasteiger partial charge in [-0.15, -0.1) is 0 Å². The lowest BCUT2D eigenvalue weighted by Gasteiger charge is -2.22. The van der Waals surface area contributed by atoms with E-state index in [1.165, 1.54) is 6.07 Å². The van der Waals surface area contributed by atoms with Crippen LogP contribution in [-0.4, -0.2) is 35.0 Å². The molecule has 0 aliphatic carbocycles. The van der Waals surface area contributed by atoms with E-state index in [-0.39, 0.29) is 18.4 Å². The number of aliphatic carboxylic acids is 1. The summed E-state index contributed by atoms with van der Waals surface area (Å²) < 4.78 is 0. The Bertz CT molecular complexity index is 703. The lowest BCUT2D eigenvalue weighted by molar-refractivity contribution is -0.137. The van der Waals surface area contributed by atoms with Gasteiger partial charge in [0.25, 0.3) is 11.8 Å². The Hall–Kier alpha value is -2.90. The Morgan fingerprint density at radius 3 is 2.62 bits per heavy atom. The summed E-state index contributed by atoms with van der Waals surface area (Å²) >= 11 is 0. The molecule has 128 valence electrons. The normalized spacial score (nSPS) is 20.9. The molecule has 0 spiro atoms. The minimum absolute atomic E-state index is 0.0360. The average Bonchev–Trinajstić information content (AvgIpc) is 2.79. The van der Waals surface area contributed by atoms with Crippen LogP contribution in [0.2, 0.25) is 0 Å². The number of nitrogens with one attached hydrogen (secondary N) is 3. The van der Waals surface area contributed by atoms with Gasteiger partial charge in [-0.3, -0.25) is 19.7 Å². The molecule has 1 aromatic rings. The highest BCUT2D eigenvalue weighted by atomic mass is 16.4. The molecule has 8 heteroatoms. The molecular weight excluding hydrogens is 314 g/mol. The highest BCUT2D eigenvalue weighted by molar-refractivity contribution is 6.07. The van der Waals surface area contributed by atoms with Crippen LogP contribution in [0.3, 0.4) is 0 Å². The van der Waals surface area contributed by atoms with Crippen molar-refractivity contribution in [1.29, 1.82) is 0 Å². The minimum Gasteiger partial charge on any atom is -0.481 e. The molecule has 2 unspecified atom stereocenters. The third-order valence-electron chi connectivity index (χ3n) is 3.92. The summed E-state index contributed by atoms with van der Waals surface area (Å²) in [5.41, 5.74) is -0.427. The first kappa shape index (κ1) is 17.5. The maximum atomic E-state index is 12.3. The van der Waals surface area contributed by atoms with Gasteiger partial charge in [0.15, 0.2) is 0 Å². The molecule has 2 rings (SSSR count). The van der Waals surface area contributed by atoms with E-state index < -0.39 is 23.4 Å². The fraction of sp³-hybridized carbons (Fsp3) is 0.375. The van der Waals surface area contributed by atoms with Crippen molar-refractivity contribution in [3.8, 4) is 0 Å². The molecular formula is C16H19N3O5. The van der Waals surface area contributed by atoms with Crippen LogP contribution in [0.1, 0.15) is 42.6 Å². The van der Waals surface area contributed by atoms with Crippen molar-refractivity contribution in [3.63, 3.8) is 0 Å². The molecule has 24 heavy (non-hydrogen) atoms. The molecule has 0 bridgehead atoms. The molecule has 0 aromatic heterocycles. The van der Waals surface area contributed by atoms with Crippen molar-refractivity contribution in [2.24, 2.45) is 0 Å². The van der Waals surface area contributed by atoms with E-state index >= 15 is 0 Å². The highest BCUT2D eigenvalue weighted by Crippen LogP contribution is 2.25. The molecule has 8 nitrogen and oxygen atoms in total. The molecule has 0 saturated carbocycles. The van der Waals surface area contributed by atoms with Crippen LogP contribution < -0.4 is 16.0 Å². The van der Waals surface area contributed by atoms with Gasteiger partial charge in [0.2, 0.25) is 0 Å². The second-order valence-corrected chi connectivity index (χ2v) is 5.92. The number of hydrogen-bond donors (Lipinski definition) is 4. The number of urea groups is 1. The summed E-state index contributed by atoms with van der Waals surface area (Å²) in [6.45, 7) is 3.27. The molecule has 4 amide bonds. The van der Waals surface area contributed by atoms with Crippen LogP contribution in [-0.2, 0) is 15.1 Å². The smallest absolute Gasteiger partial charge is 0.322 e. The molecule has 4 N–H and O–H groups in total. The summed E-state index contributed by atoms with van der Waals surface area (Å²) in [4.78, 5) is 46.2. The third kappa shape index (κ3) is 3.70. The Morgan fingerprint density at radius 1 is 1.33 bits per heavy atom. The van der Waals surface area contributed by atoms with Gasteiger partial charge in [0.05, 0.1) is 0 Å². The number of benzene rings is 1. The van der Waals surface area contributed by atoms with Crippen LogP contribution in [0.15, 0.2) is 24.3 Å². The average molecular weight is 333 g/mol. The highest BCUT2D eigenvalue weighted by Gasteiger charge is 2.43. The number of carboxylic acid groups (broad SMARTS) is 1. The lowest BCUT2D eigenvalue weighted by atomic mass is 9.91. The molecule has 2 atom stereocenters. The van der Waals surface area contributed by atoms with Gasteiger partial charge in [0, 0.05) is 18.0 Å². The van der Waals surface area contributed by atoms with Crippen molar-refractivity contribution in [2.75, 3.05) is 0 Å². The van der Waals surface area contributed by atoms with E-state index in [1.54, 1.807) is 32.0 Å². The maximum absolute atomic E-state index is 12.3. The van der Waals surface area contributed by atoms with Gasteiger partial charge in [-0.25, -0.2) is 4.79 Å². The van der Waals surface area contributed by atoms with Crippen LogP contribution >= 0.6 is 0 Å². The number of imide groups is 1. The van der Waals surface area contributed by atoms with E-state index in [9.17, 15) is 19.2 Å². The fourth-order valence-electron chi connectivity index (χ4n) is 2.44. The Morgan fingerprint density at radius 2 is 2.04 bits per heavy atom. The molecule has 1 aromatic carbocycles. The molecule has 1 aliphatic rings. The van der Waals surface area contributed by atoms with Crippen LogP contribution in [0.25, 0.3) is 0 Å². The summed E-state index contributed by atoms with van der Waals surface area (Å²) in [7, 11) is 0. The van der Waals surface area contributed by atoms with Gasteiger partial charge in [-0.1, -0.05) is 12.1 Å². The van der Waals surface area contributed by atoms with Gasteiger partial charge in [0.1, 0.15) is 5.54 Å². The van der Waals surface area contributed by atoms with Crippen molar-refractivity contribution in [1.82, 2.24) is 16.0 Å². The predicted molar refractivity (Wildman–Crippen MR) is 84.3 cm³/mol.